The van der Waals surface area contributed by atoms with E-state index in [0.717, 1.165) is 24.2 Å². The third kappa shape index (κ3) is 2.40. The van der Waals surface area contributed by atoms with Gasteiger partial charge in [-0.1, -0.05) is 25.1 Å². The van der Waals surface area contributed by atoms with E-state index < -0.39 is 15.8 Å². The lowest BCUT2D eigenvalue weighted by Gasteiger charge is -2.33. The second-order valence-corrected chi connectivity index (χ2v) is 7.03. The zero-order valence-electron chi connectivity index (χ0n) is 11.5. The van der Waals surface area contributed by atoms with Crippen molar-refractivity contribution in [1.29, 1.82) is 0 Å². The van der Waals surface area contributed by atoms with Gasteiger partial charge < -0.3 is 0 Å². The molecular formula is C15H15FN2O2S. The number of halogens is 1. The summed E-state index contributed by atoms with van der Waals surface area (Å²) < 4.78 is 40.1. The number of fused-ring (bicyclic) bond motifs is 1. The van der Waals surface area contributed by atoms with E-state index in [0.29, 0.717) is 18.2 Å². The Hall–Kier alpha value is -1.95. The van der Waals surface area contributed by atoms with Gasteiger partial charge in [-0.15, -0.1) is 0 Å². The van der Waals surface area contributed by atoms with E-state index >= 15 is 0 Å². The van der Waals surface area contributed by atoms with Crippen LogP contribution >= 0.6 is 0 Å². The molecular weight excluding hydrogens is 291 g/mol. The van der Waals surface area contributed by atoms with Gasteiger partial charge in [0.1, 0.15) is 10.7 Å². The van der Waals surface area contributed by atoms with Gasteiger partial charge in [0.25, 0.3) is 10.0 Å². The van der Waals surface area contributed by atoms with Crippen LogP contribution in [-0.4, -0.2) is 19.9 Å². The normalized spacial score (nSPS) is 18.4. The number of rotatable bonds is 2. The lowest BCUT2D eigenvalue weighted by atomic mass is 9.93. The first-order valence-corrected chi connectivity index (χ1v) is 8.16. The number of sulfonamides is 1. The smallest absolute Gasteiger partial charge is 0.265 e. The van der Waals surface area contributed by atoms with E-state index in [4.69, 9.17) is 0 Å². The summed E-state index contributed by atoms with van der Waals surface area (Å²) in [5, 5.41) is 0. The van der Waals surface area contributed by atoms with E-state index in [1.165, 1.54) is 10.5 Å². The number of hydrogen-bond donors (Lipinski definition) is 0. The second-order valence-electron chi connectivity index (χ2n) is 5.16. The molecule has 0 unspecified atom stereocenters. The van der Waals surface area contributed by atoms with E-state index in [1.807, 2.05) is 18.2 Å². The number of para-hydroxylation sites is 1. The molecule has 0 amide bonds. The molecule has 0 saturated heterocycles. The summed E-state index contributed by atoms with van der Waals surface area (Å²) in [6.45, 7) is 2.46. The Morgan fingerprint density at radius 1 is 1.29 bits per heavy atom. The van der Waals surface area contributed by atoms with Gasteiger partial charge in [0.2, 0.25) is 0 Å². The molecule has 3 rings (SSSR count). The first-order valence-electron chi connectivity index (χ1n) is 6.72. The quantitative estimate of drug-likeness (QED) is 0.857. The van der Waals surface area contributed by atoms with E-state index in [2.05, 4.69) is 11.9 Å². The Morgan fingerprint density at radius 2 is 2.05 bits per heavy atom. The first-order chi connectivity index (χ1) is 10.00. The molecule has 2 aromatic rings. The predicted octanol–water partition coefficient (Wildman–Crippen LogP) is 2.92. The Morgan fingerprint density at radius 3 is 2.81 bits per heavy atom. The van der Waals surface area contributed by atoms with Gasteiger partial charge in [-0.2, -0.15) is 0 Å². The topological polar surface area (TPSA) is 50.3 Å². The molecule has 2 heterocycles. The highest BCUT2D eigenvalue weighted by Crippen LogP contribution is 2.37. The number of aromatic nitrogens is 1. The molecule has 0 saturated carbocycles. The number of anilines is 1. The maximum Gasteiger partial charge on any atom is 0.265 e. The van der Waals surface area contributed by atoms with Gasteiger partial charge in [-0.25, -0.2) is 12.8 Å². The average molecular weight is 306 g/mol. The van der Waals surface area contributed by atoms with Crippen LogP contribution in [0.5, 0.6) is 0 Å². The molecule has 4 nitrogen and oxygen atoms in total. The maximum absolute atomic E-state index is 13.3. The van der Waals surface area contributed by atoms with Crippen LogP contribution in [0.15, 0.2) is 47.6 Å². The summed E-state index contributed by atoms with van der Waals surface area (Å²) in [4.78, 5) is 3.52. The van der Waals surface area contributed by atoms with Gasteiger partial charge >= 0.3 is 0 Å². The van der Waals surface area contributed by atoms with Crippen LogP contribution in [0.3, 0.4) is 0 Å². The highest BCUT2D eigenvalue weighted by Gasteiger charge is 2.31. The summed E-state index contributed by atoms with van der Waals surface area (Å²) in [5.41, 5.74) is 1.66. The molecule has 0 bridgehead atoms. The van der Waals surface area contributed by atoms with Crippen molar-refractivity contribution >= 4 is 15.7 Å². The molecule has 1 aromatic heterocycles. The lowest BCUT2D eigenvalue weighted by Crippen LogP contribution is -2.36. The van der Waals surface area contributed by atoms with E-state index in [9.17, 15) is 12.8 Å². The third-order valence-corrected chi connectivity index (χ3v) is 5.55. The number of hydrogen-bond acceptors (Lipinski definition) is 3. The van der Waals surface area contributed by atoms with Crippen molar-refractivity contribution < 1.29 is 12.8 Å². The van der Waals surface area contributed by atoms with E-state index in [1.54, 1.807) is 6.07 Å². The largest absolute Gasteiger partial charge is 0.266 e. The zero-order valence-corrected chi connectivity index (χ0v) is 12.3. The van der Waals surface area contributed by atoms with Crippen LogP contribution in [0.1, 0.15) is 24.8 Å². The minimum Gasteiger partial charge on any atom is -0.266 e. The minimum absolute atomic E-state index is 0.119. The third-order valence-electron chi connectivity index (χ3n) is 3.77. The first kappa shape index (κ1) is 14.0. The summed E-state index contributed by atoms with van der Waals surface area (Å²) in [5.74, 6) is -0.354. The highest BCUT2D eigenvalue weighted by molar-refractivity contribution is 7.92. The summed E-state index contributed by atoms with van der Waals surface area (Å²) in [7, 11) is -3.79. The van der Waals surface area contributed by atoms with Crippen molar-refractivity contribution in [3.63, 3.8) is 0 Å². The number of benzene rings is 1. The van der Waals surface area contributed by atoms with Gasteiger partial charge in [-0.05, 0) is 30.0 Å². The monoisotopic (exact) mass is 306 g/mol. The fourth-order valence-electron chi connectivity index (χ4n) is 2.63. The SMILES string of the molecule is C[C@H]1CCN(S(=O)(=O)c2cncc(F)c2)c2ccccc21. The van der Waals surface area contributed by atoms with Gasteiger partial charge in [0, 0.05) is 12.7 Å². The molecule has 0 N–H and O–H groups in total. The standard InChI is InChI=1S/C15H15FN2O2S/c1-11-6-7-18(15-5-3-2-4-14(11)15)21(19,20)13-8-12(16)9-17-10-13/h2-5,8-11H,6-7H2,1H3/t11-/m0/s1. The Kier molecular flexibility index (Phi) is 3.41. The molecule has 1 aromatic carbocycles. The van der Waals surface area contributed by atoms with Gasteiger partial charge in [0.15, 0.2) is 0 Å². The predicted molar refractivity (Wildman–Crippen MR) is 78.2 cm³/mol. The summed E-state index contributed by atoms with van der Waals surface area (Å²) in [6, 6.07) is 8.43. The van der Waals surface area contributed by atoms with Crippen LogP contribution < -0.4 is 4.31 Å². The van der Waals surface area contributed by atoms with Crippen molar-refractivity contribution in [2.45, 2.75) is 24.2 Å². The summed E-state index contributed by atoms with van der Waals surface area (Å²) >= 11 is 0. The molecule has 6 heteroatoms. The Bertz CT molecular complexity index is 777. The van der Waals surface area contributed by atoms with Crippen molar-refractivity contribution in [3.8, 4) is 0 Å². The fourth-order valence-corrected chi connectivity index (χ4v) is 4.11. The molecule has 1 atom stereocenters. The number of nitrogens with zero attached hydrogens (tertiary/aromatic N) is 2. The van der Waals surface area contributed by atoms with E-state index in [-0.39, 0.29) is 4.90 Å². The molecule has 1 aliphatic heterocycles. The molecule has 1 aliphatic rings. The minimum atomic E-state index is -3.79. The number of pyridine rings is 1. The molecule has 0 fully saturated rings. The van der Waals surface area contributed by atoms with Crippen LogP contribution in [0.4, 0.5) is 10.1 Å². The maximum atomic E-state index is 13.3. The average Bonchev–Trinajstić information content (AvgIpc) is 2.47. The highest BCUT2D eigenvalue weighted by atomic mass is 32.2. The van der Waals surface area contributed by atoms with Crippen LogP contribution in [0.25, 0.3) is 0 Å². The lowest BCUT2D eigenvalue weighted by molar-refractivity contribution is 0.573. The van der Waals surface area contributed by atoms with Crippen LogP contribution in [0.2, 0.25) is 0 Å². The van der Waals surface area contributed by atoms with Crippen molar-refractivity contribution in [2.24, 2.45) is 0 Å². The Balaban J connectivity index is 2.11. The Labute approximate surface area is 123 Å². The van der Waals surface area contributed by atoms with Crippen molar-refractivity contribution in [1.82, 2.24) is 4.98 Å². The molecule has 0 radical (unpaired) electrons. The molecule has 0 spiro atoms. The van der Waals surface area contributed by atoms with Gasteiger partial charge in [0.05, 0.1) is 11.9 Å². The van der Waals surface area contributed by atoms with Crippen LogP contribution in [-0.2, 0) is 10.0 Å². The zero-order chi connectivity index (χ0) is 15.0. The van der Waals surface area contributed by atoms with Crippen molar-refractivity contribution in [3.05, 3.63) is 54.1 Å². The summed E-state index contributed by atoms with van der Waals surface area (Å²) in [6.07, 6.45) is 2.91. The molecule has 110 valence electrons. The van der Waals surface area contributed by atoms with Gasteiger partial charge in [-0.3, -0.25) is 9.29 Å². The molecule has 21 heavy (non-hydrogen) atoms. The second kappa shape index (κ2) is 5.11. The fraction of sp³-hybridized carbons (Fsp3) is 0.267. The van der Waals surface area contributed by atoms with Crippen LogP contribution in [0, 0.1) is 5.82 Å². The van der Waals surface area contributed by atoms with Crippen molar-refractivity contribution in [2.75, 3.05) is 10.8 Å². The molecule has 0 aliphatic carbocycles.